The Kier molecular flexibility index (Phi) is 8.30. The van der Waals surface area contributed by atoms with E-state index >= 15 is 0 Å². The summed E-state index contributed by atoms with van der Waals surface area (Å²) in [5.41, 5.74) is 1.86. The summed E-state index contributed by atoms with van der Waals surface area (Å²) in [5.74, 6) is -1.42. The molecular formula is C27H32ClNO4. The zero-order chi connectivity index (χ0) is 24.0. The Morgan fingerprint density at radius 1 is 1.06 bits per heavy atom. The van der Waals surface area contributed by atoms with Crippen LogP contribution < -0.4 is 0 Å². The number of benzene rings is 2. The van der Waals surface area contributed by atoms with E-state index in [9.17, 15) is 14.4 Å². The van der Waals surface area contributed by atoms with Crippen LogP contribution in [0.1, 0.15) is 51.2 Å². The van der Waals surface area contributed by atoms with Crippen molar-refractivity contribution in [3.63, 3.8) is 0 Å². The first-order valence-electron chi connectivity index (χ1n) is 11.4. The first-order chi connectivity index (χ1) is 15.6. The average Bonchev–Trinajstić information content (AvgIpc) is 3.11. The molecule has 0 bridgehead atoms. The van der Waals surface area contributed by atoms with Gasteiger partial charge >= 0.3 is 6.09 Å². The molecule has 0 saturated carbocycles. The van der Waals surface area contributed by atoms with Gasteiger partial charge in [-0.3, -0.25) is 9.59 Å². The quantitative estimate of drug-likeness (QED) is 0.430. The monoisotopic (exact) mass is 469 g/mol. The molecule has 2 aromatic carbocycles. The molecule has 2 amide bonds. The molecule has 1 fully saturated rings. The van der Waals surface area contributed by atoms with Gasteiger partial charge in [-0.1, -0.05) is 74.8 Å². The summed E-state index contributed by atoms with van der Waals surface area (Å²) >= 11 is 5.96. The zero-order valence-corrected chi connectivity index (χ0v) is 20.3. The number of hydrogen-bond acceptors (Lipinski definition) is 4. The van der Waals surface area contributed by atoms with Gasteiger partial charge in [0.1, 0.15) is 12.4 Å². The first-order valence-corrected chi connectivity index (χ1v) is 11.8. The van der Waals surface area contributed by atoms with Crippen LogP contribution in [0.5, 0.6) is 0 Å². The number of Topliss-reactive ketones (excluding diaryl/α,β-unsaturated/α-hetero) is 1. The number of aryl methyl sites for hydroxylation is 1. The number of ether oxygens (including phenoxy) is 1. The number of rotatable bonds is 9. The highest BCUT2D eigenvalue weighted by Crippen LogP contribution is 2.28. The topological polar surface area (TPSA) is 63.7 Å². The molecule has 1 aliphatic rings. The van der Waals surface area contributed by atoms with Crippen LogP contribution in [0.2, 0.25) is 5.02 Å². The molecular weight excluding hydrogens is 438 g/mol. The van der Waals surface area contributed by atoms with Gasteiger partial charge in [-0.2, -0.15) is 0 Å². The molecule has 0 radical (unpaired) electrons. The van der Waals surface area contributed by atoms with E-state index in [0.717, 1.165) is 17.5 Å². The molecule has 0 aromatic heterocycles. The summed E-state index contributed by atoms with van der Waals surface area (Å²) in [6, 6.07) is 16.8. The molecule has 1 heterocycles. The van der Waals surface area contributed by atoms with Gasteiger partial charge in [0.25, 0.3) is 0 Å². The maximum Gasteiger partial charge on any atom is 0.417 e. The Balaban J connectivity index is 1.75. The minimum Gasteiger partial charge on any atom is -0.447 e. The van der Waals surface area contributed by atoms with Gasteiger partial charge in [0.15, 0.2) is 0 Å². The maximum atomic E-state index is 13.6. The van der Waals surface area contributed by atoms with E-state index in [1.807, 2.05) is 75.4 Å². The van der Waals surface area contributed by atoms with Crippen LogP contribution in [-0.4, -0.2) is 35.3 Å². The Bertz CT molecular complexity index is 966. The van der Waals surface area contributed by atoms with E-state index in [1.165, 1.54) is 4.90 Å². The summed E-state index contributed by atoms with van der Waals surface area (Å²) in [6.07, 6.45) is 1.88. The maximum absolute atomic E-state index is 13.6. The lowest BCUT2D eigenvalue weighted by molar-refractivity contribution is -0.140. The van der Waals surface area contributed by atoms with Crippen LogP contribution in [-0.2, 0) is 27.2 Å². The van der Waals surface area contributed by atoms with E-state index < -0.39 is 24.0 Å². The predicted octanol–water partition coefficient (Wildman–Crippen LogP) is 5.87. The van der Waals surface area contributed by atoms with Gasteiger partial charge in [-0.25, -0.2) is 9.69 Å². The molecule has 1 aliphatic heterocycles. The molecule has 2 atom stereocenters. The fourth-order valence-corrected chi connectivity index (χ4v) is 4.29. The summed E-state index contributed by atoms with van der Waals surface area (Å²) in [5, 5.41) is 0.671. The number of amides is 2. The van der Waals surface area contributed by atoms with Crippen molar-refractivity contribution in [2.24, 2.45) is 11.3 Å². The third kappa shape index (κ3) is 7.16. The molecule has 0 spiro atoms. The molecule has 6 heteroatoms. The van der Waals surface area contributed by atoms with E-state index in [4.69, 9.17) is 16.3 Å². The molecule has 3 rings (SSSR count). The van der Waals surface area contributed by atoms with Crippen LogP contribution in [0.3, 0.4) is 0 Å². The highest BCUT2D eigenvalue weighted by Gasteiger charge is 2.43. The van der Waals surface area contributed by atoms with Gasteiger partial charge < -0.3 is 4.74 Å². The number of carbonyl (C=O) groups excluding carboxylic acids is 3. The molecule has 1 saturated heterocycles. The molecule has 0 unspecified atom stereocenters. The van der Waals surface area contributed by atoms with Crippen molar-refractivity contribution in [2.45, 2.75) is 58.9 Å². The summed E-state index contributed by atoms with van der Waals surface area (Å²) in [6.45, 7) is 6.07. The second-order valence-corrected chi connectivity index (χ2v) is 10.3. The third-order valence-corrected chi connectivity index (χ3v) is 6.03. The van der Waals surface area contributed by atoms with Crippen molar-refractivity contribution in [1.82, 2.24) is 4.90 Å². The summed E-state index contributed by atoms with van der Waals surface area (Å²) in [7, 11) is 0. The van der Waals surface area contributed by atoms with Crippen molar-refractivity contribution >= 4 is 29.4 Å². The van der Waals surface area contributed by atoms with Crippen LogP contribution in [0.15, 0.2) is 54.6 Å². The van der Waals surface area contributed by atoms with Gasteiger partial charge in [0.2, 0.25) is 5.91 Å². The second-order valence-electron chi connectivity index (χ2n) is 9.90. The average molecular weight is 470 g/mol. The number of ketones is 1. The van der Waals surface area contributed by atoms with Crippen molar-refractivity contribution in [1.29, 1.82) is 0 Å². The second kappa shape index (κ2) is 11.0. The fraction of sp³-hybridized carbons (Fsp3) is 0.444. The smallest absolute Gasteiger partial charge is 0.417 e. The Labute approximate surface area is 201 Å². The number of imide groups is 1. The van der Waals surface area contributed by atoms with Crippen LogP contribution in [0.4, 0.5) is 4.79 Å². The molecule has 0 aliphatic carbocycles. The normalized spacial score (nSPS) is 17.0. The third-order valence-electron chi connectivity index (χ3n) is 5.78. The molecule has 176 valence electrons. The van der Waals surface area contributed by atoms with Crippen LogP contribution >= 0.6 is 11.6 Å². The highest BCUT2D eigenvalue weighted by atomic mass is 35.5. The number of cyclic esters (lactones) is 1. The van der Waals surface area contributed by atoms with E-state index in [-0.39, 0.29) is 24.2 Å². The number of halogens is 1. The first kappa shape index (κ1) is 25.0. The van der Waals surface area contributed by atoms with Gasteiger partial charge in [0.05, 0.1) is 12.0 Å². The Hall–Kier alpha value is -2.66. The largest absolute Gasteiger partial charge is 0.447 e. The lowest BCUT2D eigenvalue weighted by atomic mass is 9.83. The van der Waals surface area contributed by atoms with Gasteiger partial charge in [-0.05, 0) is 54.4 Å². The van der Waals surface area contributed by atoms with Crippen molar-refractivity contribution in [2.75, 3.05) is 6.61 Å². The Morgan fingerprint density at radius 3 is 2.36 bits per heavy atom. The van der Waals surface area contributed by atoms with E-state index in [2.05, 4.69) is 0 Å². The molecule has 0 N–H and O–H groups in total. The summed E-state index contributed by atoms with van der Waals surface area (Å²) < 4.78 is 5.23. The highest BCUT2D eigenvalue weighted by molar-refractivity contribution is 6.30. The Morgan fingerprint density at radius 2 is 1.73 bits per heavy atom. The lowest BCUT2D eigenvalue weighted by Crippen LogP contribution is -2.46. The standard InChI is InChI=1S/C27H32ClNO4/c1-27(2,3)17-24(30)23(11-7-10-19-12-14-21(28)15-13-19)25(31)29-22(18-33-26(29)32)16-20-8-5-4-6-9-20/h4-6,8-9,12-15,22-23H,7,10-11,16-18H2,1-3H3/t22-,23+/m0/s1. The molecule has 33 heavy (non-hydrogen) atoms. The van der Waals surface area contributed by atoms with Crippen molar-refractivity contribution in [3.8, 4) is 0 Å². The predicted molar refractivity (Wildman–Crippen MR) is 129 cm³/mol. The fourth-order valence-electron chi connectivity index (χ4n) is 4.16. The molecule has 2 aromatic rings. The molecule has 5 nitrogen and oxygen atoms in total. The number of nitrogens with zero attached hydrogens (tertiary/aromatic N) is 1. The minimum atomic E-state index is -0.861. The van der Waals surface area contributed by atoms with Crippen molar-refractivity contribution < 1.29 is 19.1 Å². The number of carbonyl (C=O) groups is 3. The number of hydrogen-bond donors (Lipinski definition) is 0. The summed E-state index contributed by atoms with van der Waals surface area (Å²) in [4.78, 5) is 40.5. The van der Waals surface area contributed by atoms with E-state index in [0.29, 0.717) is 24.3 Å². The van der Waals surface area contributed by atoms with Crippen molar-refractivity contribution in [3.05, 3.63) is 70.7 Å². The van der Waals surface area contributed by atoms with Crippen LogP contribution in [0.25, 0.3) is 0 Å². The zero-order valence-electron chi connectivity index (χ0n) is 19.6. The van der Waals surface area contributed by atoms with Gasteiger partial charge in [0, 0.05) is 11.4 Å². The SMILES string of the molecule is CC(C)(C)CC(=O)[C@@H](CCCc1ccc(Cl)cc1)C(=O)N1C(=O)OC[C@@H]1Cc1ccccc1. The minimum absolute atomic E-state index is 0.123. The van der Waals surface area contributed by atoms with E-state index in [1.54, 1.807) is 0 Å². The lowest BCUT2D eigenvalue weighted by Gasteiger charge is -2.26. The van der Waals surface area contributed by atoms with Crippen LogP contribution in [0, 0.1) is 11.3 Å². The van der Waals surface area contributed by atoms with Gasteiger partial charge in [-0.15, -0.1) is 0 Å².